The lowest BCUT2D eigenvalue weighted by Gasteiger charge is -2.15. The Labute approximate surface area is 129 Å². The van der Waals surface area contributed by atoms with E-state index < -0.39 is 0 Å². The van der Waals surface area contributed by atoms with Gasteiger partial charge in [0.15, 0.2) is 5.75 Å². The number of rotatable bonds is 6. The molecule has 0 aliphatic heterocycles. The molecule has 0 spiro atoms. The minimum atomic E-state index is 0.131. The first-order valence-corrected chi connectivity index (χ1v) is 6.64. The Balaban J connectivity index is 1.92. The van der Waals surface area contributed by atoms with Crippen molar-refractivity contribution in [3.63, 3.8) is 0 Å². The zero-order valence-corrected chi connectivity index (χ0v) is 12.6. The molecular formula is C15H19N5O2. The molecule has 116 valence electrons. The highest BCUT2D eigenvalue weighted by molar-refractivity contribution is 5.48. The van der Waals surface area contributed by atoms with Gasteiger partial charge < -0.3 is 15.2 Å². The lowest BCUT2D eigenvalue weighted by molar-refractivity contribution is 0.318. The molecule has 0 aliphatic carbocycles. The summed E-state index contributed by atoms with van der Waals surface area (Å²) < 4.78 is 10.3. The minimum absolute atomic E-state index is 0.131. The van der Waals surface area contributed by atoms with Crippen LogP contribution in [0.3, 0.4) is 0 Å². The third-order valence-corrected chi connectivity index (χ3v) is 2.85. The van der Waals surface area contributed by atoms with Gasteiger partial charge in [0.05, 0.1) is 30.9 Å². The lowest BCUT2D eigenvalue weighted by atomic mass is 10.2. The predicted molar refractivity (Wildman–Crippen MR) is 84.2 cm³/mol. The highest BCUT2D eigenvalue weighted by Crippen LogP contribution is 2.13. The molecule has 1 aromatic heterocycles. The molecule has 2 aromatic rings. The van der Waals surface area contributed by atoms with Crippen LogP contribution < -0.4 is 26.1 Å². The SMILES string of the molecule is COc1cnc(OC/C(N)=C/N(N)c2ccc(C)cc2)nc1. The summed E-state index contributed by atoms with van der Waals surface area (Å²) in [5.74, 6) is 6.49. The van der Waals surface area contributed by atoms with E-state index in [1.165, 1.54) is 17.4 Å². The highest BCUT2D eigenvalue weighted by atomic mass is 16.5. The van der Waals surface area contributed by atoms with Crippen LogP contribution in [0.15, 0.2) is 48.6 Å². The Hall–Kier alpha value is -2.80. The van der Waals surface area contributed by atoms with Gasteiger partial charge >= 0.3 is 6.01 Å². The van der Waals surface area contributed by atoms with Crippen LogP contribution in [-0.2, 0) is 0 Å². The van der Waals surface area contributed by atoms with Gasteiger partial charge in [0.25, 0.3) is 0 Å². The van der Waals surface area contributed by atoms with Crippen LogP contribution in [-0.4, -0.2) is 23.7 Å². The molecule has 0 bridgehead atoms. The van der Waals surface area contributed by atoms with E-state index in [0.717, 1.165) is 11.3 Å². The molecule has 0 amide bonds. The maximum atomic E-state index is 5.93. The second-order valence-electron chi connectivity index (χ2n) is 4.64. The number of aryl methyl sites for hydroxylation is 1. The summed E-state index contributed by atoms with van der Waals surface area (Å²) in [6, 6.07) is 7.98. The van der Waals surface area contributed by atoms with E-state index in [9.17, 15) is 0 Å². The van der Waals surface area contributed by atoms with Crippen LogP contribution in [0.1, 0.15) is 5.56 Å². The van der Waals surface area contributed by atoms with Crippen molar-refractivity contribution in [2.75, 3.05) is 18.7 Å². The molecule has 0 radical (unpaired) electrons. The molecule has 0 atom stereocenters. The van der Waals surface area contributed by atoms with Gasteiger partial charge in [0.1, 0.15) is 6.61 Å². The summed E-state index contributed by atoms with van der Waals surface area (Å²) >= 11 is 0. The number of benzene rings is 1. The van der Waals surface area contributed by atoms with Crippen LogP contribution in [0.5, 0.6) is 11.8 Å². The number of nitrogens with two attached hydrogens (primary N) is 2. The summed E-state index contributed by atoms with van der Waals surface area (Å²) in [4.78, 5) is 7.97. The molecule has 7 heteroatoms. The Morgan fingerprint density at radius 2 is 1.86 bits per heavy atom. The van der Waals surface area contributed by atoms with Gasteiger partial charge in [-0.25, -0.2) is 5.84 Å². The molecule has 22 heavy (non-hydrogen) atoms. The van der Waals surface area contributed by atoms with E-state index in [4.69, 9.17) is 21.1 Å². The first-order valence-electron chi connectivity index (χ1n) is 6.64. The van der Waals surface area contributed by atoms with Crippen LogP contribution in [0.4, 0.5) is 5.69 Å². The average molecular weight is 301 g/mol. The summed E-state index contributed by atoms with van der Waals surface area (Å²) in [6.07, 6.45) is 4.63. The smallest absolute Gasteiger partial charge is 0.316 e. The van der Waals surface area contributed by atoms with Crippen molar-refractivity contribution in [2.45, 2.75) is 6.92 Å². The van der Waals surface area contributed by atoms with E-state index in [1.54, 1.807) is 13.3 Å². The van der Waals surface area contributed by atoms with Gasteiger partial charge in [-0.05, 0) is 19.1 Å². The fourth-order valence-electron chi connectivity index (χ4n) is 1.64. The summed E-state index contributed by atoms with van der Waals surface area (Å²) in [5.41, 5.74) is 8.32. The topological polar surface area (TPSA) is 99.5 Å². The first-order chi connectivity index (χ1) is 10.6. The lowest BCUT2D eigenvalue weighted by Crippen LogP contribution is -2.27. The average Bonchev–Trinajstić information content (AvgIpc) is 2.54. The van der Waals surface area contributed by atoms with Crippen molar-refractivity contribution >= 4 is 5.69 Å². The van der Waals surface area contributed by atoms with Gasteiger partial charge in [-0.2, -0.15) is 9.97 Å². The number of anilines is 1. The van der Waals surface area contributed by atoms with E-state index in [1.807, 2.05) is 31.2 Å². The number of ether oxygens (including phenoxy) is 2. The van der Waals surface area contributed by atoms with Crippen molar-refractivity contribution in [3.05, 3.63) is 54.1 Å². The van der Waals surface area contributed by atoms with Crippen LogP contribution in [0.2, 0.25) is 0 Å². The van der Waals surface area contributed by atoms with Gasteiger partial charge in [0.2, 0.25) is 0 Å². The molecule has 2 rings (SSSR count). The van der Waals surface area contributed by atoms with Crippen LogP contribution in [0, 0.1) is 6.92 Å². The van der Waals surface area contributed by atoms with Crippen molar-refractivity contribution in [2.24, 2.45) is 11.6 Å². The molecule has 0 fully saturated rings. The molecular weight excluding hydrogens is 282 g/mol. The minimum Gasteiger partial charge on any atom is -0.494 e. The fraction of sp³-hybridized carbons (Fsp3) is 0.200. The molecule has 1 heterocycles. The molecule has 7 nitrogen and oxygen atoms in total. The molecule has 0 saturated carbocycles. The maximum Gasteiger partial charge on any atom is 0.316 e. The molecule has 0 aliphatic rings. The van der Waals surface area contributed by atoms with E-state index in [2.05, 4.69) is 9.97 Å². The molecule has 4 N–H and O–H groups in total. The second-order valence-corrected chi connectivity index (χ2v) is 4.64. The predicted octanol–water partition coefficient (Wildman–Crippen LogP) is 1.35. The van der Waals surface area contributed by atoms with Gasteiger partial charge in [-0.1, -0.05) is 17.7 Å². The fourth-order valence-corrected chi connectivity index (χ4v) is 1.64. The number of hydrogen-bond donors (Lipinski definition) is 2. The van der Waals surface area contributed by atoms with Crippen molar-refractivity contribution in [1.29, 1.82) is 0 Å². The third-order valence-electron chi connectivity index (χ3n) is 2.85. The first kappa shape index (κ1) is 15.6. The second kappa shape index (κ2) is 7.28. The van der Waals surface area contributed by atoms with E-state index in [0.29, 0.717) is 11.4 Å². The Bertz CT molecular complexity index is 625. The third kappa shape index (κ3) is 4.35. The number of hydrazine groups is 1. The summed E-state index contributed by atoms with van der Waals surface area (Å²) in [7, 11) is 1.54. The number of aromatic nitrogens is 2. The highest BCUT2D eigenvalue weighted by Gasteiger charge is 2.02. The van der Waals surface area contributed by atoms with Crippen molar-refractivity contribution in [3.8, 4) is 11.8 Å². The zero-order valence-electron chi connectivity index (χ0n) is 12.6. The standard InChI is InChI=1S/C15H19N5O2/c1-11-3-5-13(6-4-11)20(17)9-12(16)10-22-15-18-7-14(21-2)8-19-15/h3-9H,10,16-17H2,1-2H3/b12-9-. The Morgan fingerprint density at radius 1 is 1.23 bits per heavy atom. The van der Waals surface area contributed by atoms with Crippen LogP contribution in [0.25, 0.3) is 0 Å². The number of methoxy groups -OCH3 is 1. The summed E-state index contributed by atoms with van der Waals surface area (Å²) in [6.45, 7) is 2.14. The molecule has 0 saturated heterocycles. The summed E-state index contributed by atoms with van der Waals surface area (Å²) in [5, 5.41) is 1.44. The van der Waals surface area contributed by atoms with Crippen molar-refractivity contribution < 1.29 is 9.47 Å². The largest absolute Gasteiger partial charge is 0.494 e. The van der Waals surface area contributed by atoms with Gasteiger partial charge in [-0.3, -0.25) is 5.01 Å². The molecule has 0 unspecified atom stereocenters. The quantitative estimate of drug-likeness (QED) is 0.613. The zero-order chi connectivity index (χ0) is 15.9. The number of nitrogens with zero attached hydrogens (tertiary/aromatic N) is 3. The van der Waals surface area contributed by atoms with Gasteiger partial charge in [0, 0.05) is 6.20 Å². The Kier molecular flexibility index (Phi) is 5.16. The maximum absolute atomic E-state index is 5.93. The van der Waals surface area contributed by atoms with Crippen LogP contribution >= 0.6 is 0 Å². The Morgan fingerprint density at radius 3 is 2.45 bits per heavy atom. The van der Waals surface area contributed by atoms with Crippen molar-refractivity contribution in [1.82, 2.24) is 9.97 Å². The number of hydrogen-bond acceptors (Lipinski definition) is 7. The monoisotopic (exact) mass is 301 g/mol. The van der Waals surface area contributed by atoms with E-state index >= 15 is 0 Å². The normalized spacial score (nSPS) is 11.1. The van der Waals surface area contributed by atoms with E-state index in [-0.39, 0.29) is 12.6 Å². The molecule has 1 aromatic carbocycles. The van der Waals surface area contributed by atoms with Gasteiger partial charge in [-0.15, -0.1) is 0 Å².